The van der Waals surface area contributed by atoms with Crippen LogP contribution in [0.4, 0.5) is 0 Å². The molecule has 1 aliphatic rings. The molecule has 0 radical (unpaired) electrons. The van der Waals surface area contributed by atoms with Crippen molar-refractivity contribution >= 4 is 5.97 Å². The van der Waals surface area contributed by atoms with Gasteiger partial charge in [0.05, 0.1) is 5.92 Å². The van der Waals surface area contributed by atoms with Crippen LogP contribution in [0.3, 0.4) is 0 Å². The molecule has 3 N–H and O–H groups in total. The Hall–Kier alpha value is -1.35. The molecule has 0 saturated heterocycles. The van der Waals surface area contributed by atoms with E-state index in [0.717, 1.165) is 18.4 Å². The minimum atomic E-state index is -0.805. The van der Waals surface area contributed by atoms with Gasteiger partial charge >= 0.3 is 5.97 Å². The van der Waals surface area contributed by atoms with Gasteiger partial charge in [-0.2, -0.15) is 0 Å². The summed E-state index contributed by atoms with van der Waals surface area (Å²) in [6, 6.07) is 5.79. The van der Waals surface area contributed by atoms with Crippen molar-refractivity contribution in [3.8, 4) is 0 Å². The average molecular weight is 233 g/mol. The zero-order valence-electron chi connectivity index (χ0n) is 10.1. The van der Waals surface area contributed by atoms with Gasteiger partial charge in [0.1, 0.15) is 0 Å². The van der Waals surface area contributed by atoms with E-state index in [2.05, 4.69) is 12.1 Å². The van der Waals surface area contributed by atoms with E-state index in [9.17, 15) is 4.79 Å². The quantitative estimate of drug-likeness (QED) is 0.838. The highest BCUT2D eigenvalue weighted by Gasteiger charge is 2.25. The number of carbonyl (C=O) groups is 1. The number of benzene rings is 1. The topological polar surface area (TPSA) is 63.3 Å². The molecule has 0 aromatic heterocycles. The summed E-state index contributed by atoms with van der Waals surface area (Å²) >= 11 is 0. The molecule has 0 amide bonds. The van der Waals surface area contributed by atoms with Gasteiger partial charge in [-0.3, -0.25) is 4.79 Å². The maximum atomic E-state index is 11.1. The first-order valence-corrected chi connectivity index (χ1v) is 6.23. The zero-order valence-corrected chi connectivity index (χ0v) is 10.1. The van der Waals surface area contributed by atoms with E-state index in [4.69, 9.17) is 10.8 Å². The van der Waals surface area contributed by atoms with Gasteiger partial charge < -0.3 is 10.8 Å². The maximum absolute atomic E-state index is 11.1. The van der Waals surface area contributed by atoms with Crippen LogP contribution in [0.15, 0.2) is 18.2 Å². The molecular weight excluding hydrogens is 214 g/mol. The summed E-state index contributed by atoms with van der Waals surface area (Å²) in [4.78, 5) is 11.1. The molecule has 0 bridgehead atoms. The predicted molar refractivity (Wildman–Crippen MR) is 66.8 cm³/mol. The van der Waals surface area contributed by atoms with Crippen molar-refractivity contribution in [3.05, 3.63) is 34.9 Å². The molecule has 1 aliphatic carbocycles. The number of carboxylic acids is 1. The van der Waals surface area contributed by atoms with Crippen molar-refractivity contribution in [2.75, 3.05) is 0 Å². The lowest BCUT2D eigenvalue weighted by atomic mass is 9.90. The highest BCUT2D eigenvalue weighted by molar-refractivity contribution is 5.71. The van der Waals surface area contributed by atoms with Crippen LogP contribution in [0.1, 0.15) is 42.5 Å². The van der Waals surface area contributed by atoms with E-state index in [1.807, 2.05) is 13.0 Å². The van der Waals surface area contributed by atoms with Crippen molar-refractivity contribution in [1.29, 1.82) is 0 Å². The second-order valence-corrected chi connectivity index (χ2v) is 4.76. The number of aryl methyl sites for hydroxylation is 2. The van der Waals surface area contributed by atoms with Gasteiger partial charge in [0, 0.05) is 6.04 Å². The molecule has 2 atom stereocenters. The van der Waals surface area contributed by atoms with Crippen LogP contribution in [-0.2, 0) is 17.6 Å². The highest BCUT2D eigenvalue weighted by atomic mass is 16.4. The maximum Gasteiger partial charge on any atom is 0.308 e. The Labute approximate surface area is 102 Å². The third-order valence-electron chi connectivity index (χ3n) is 3.70. The standard InChI is InChI=1S/C14H19NO2/c1-2-12(14(16)17)13(15)11-7-6-9-4-3-5-10(9)8-11/h6-8,12-13H,2-5,15H2,1H3,(H,16,17). The summed E-state index contributed by atoms with van der Waals surface area (Å²) in [6.45, 7) is 1.87. The van der Waals surface area contributed by atoms with E-state index in [-0.39, 0.29) is 0 Å². The molecule has 0 heterocycles. The van der Waals surface area contributed by atoms with Gasteiger partial charge in [-0.25, -0.2) is 0 Å². The number of rotatable bonds is 4. The molecule has 0 aliphatic heterocycles. The molecule has 0 fully saturated rings. The van der Waals surface area contributed by atoms with Crippen molar-refractivity contribution in [2.45, 2.75) is 38.6 Å². The number of nitrogens with two attached hydrogens (primary N) is 1. The van der Waals surface area contributed by atoms with Crippen molar-refractivity contribution in [3.63, 3.8) is 0 Å². The molecule has 2 unspecified atom stereocenters. The Balaban J connectivity index is 2.24. The molecule has 17 heavy (non-hydrogen) atoms. The second-order valence-electron chi connectivity index (χ2n) is 4.76. The minimum Gasteiger partial charge on any atom is -0.481 e. The van der Waals surface area contributed by atoms with Crippen LogP contribution in [0, 0.1) is 5.92 Å². The first kappa shape index (κ1) is 12.1. The number of hydrogen-bond donors (Lipinski definition) is 2. The van der Waals surface area contributed by atoms with Crippen molar-refractivity contribution in [2.24, 2.45) is 11.7 Å². The van der Waals surface area contributed by atoms with Crippen LogP contribution in [0.25, 0.3) is 0 Å². The van der Waals surface area contributed by atoms with E-state index in [1.165, 1.54) is 17.5 Å². The molecule has 0 spiro atoms. The van der Waals surface area contributed by atoms with Gasteiger partial charge in [-0.15, -0.1) is 0 Å². The summed E-state index contributed by atoms with van der Waals surface area (Å²) < 4.78 is 0. The van der Waals surface area contributed by atoms with Crippen molar-refractivity contribution < 1.29 is 9.90 Å². The van der Waals surface area contributed by atoms with E-state index in [0.29, 0.717) is 6.42 Å². The predicted octanol–water partition coefficient (Wildman–Crippen LogP) is 2.29. The lowest BCUT2D eigenvalue weighted by molar-refractivity contribution is -0.142. The highest BCUT2D eigenvalue weighted by Crippen LogP contribution is 2.28. The first-order chi connectivity index (χ1) is 8.13. The molecule has 2 rings (SSSR count). The van der Waals surface area contributed by atoms with E-state index >= 15 is 0 Å². The van der Waals surface area contributed by atoms with Crippen molar-refractivity contribution in [1.82, 2.24) is 0 Å². The largest absolute Gasteiger partial charge is 0.481 e. The molecule has 3 heteroatoms. The fourth-order valence-corrected chi connectivity index (χ4v) is 2.61. The Morgan fingerprint density at radius 2 is 2.12 bits per heavy atom. The van der Waals surface area contributed by atoms with E-state index in [1.54, 1.807) is 0 Å². The molecular formula is C14H19NO2. The monoisotopic (exact) mass is 233 g/mol. The molecule has 92 valence electrons. The zero-order chi connectivity index (χ0) is 12.4. The van der Waals surface area contributed by atoms with Gasteiger partial charge in [0.2, 0.25) is 0 Å². The summed E-state index contributed by atoms with van der Waals surface area (Å²) in [7, 11) is 0. The Morgan fingerprint density at radius 1 is 1.41 bits per heavy atom. The average Bonchev–Trinajstić information content (AvgIpc) is 2.75. The Bertz CT molecular complexity index is 428. The summed E-state index contributed by atoms with van der Waals surface area (Å²) in [5.41, 5.74) is 9.76. The van der Waals surface area contributed by atoms with E-state index < -0.39 is 17.9 Å². The Morgan fingerprint density at radius 3 is 2.76 bits per heavy atom. The molecule has 3 nitrogen and oxygen atoms in total. The summed E-state index contributed by atoms with van der Waals surface area (Å²) in [5, 5.41) is 9.12. The molecule has 1 aromatic rings. The van der Waals surface area contributed by atoms with Crippen LogP contribution in [0.5, 0.6) is 0 Å². The van der Waals surface area contributed by atoms with Crippen LogP contribution in [0.2, 0.25) is 0 Å². The molecule has 1 aromatic carbocycles. The Kier molecular flexibility index (Phi) is 3.48. The summed E-state index contributed by atoms with van der Waals surface area (Å²) in [5.74, 6) is -1.30. The van der Waals surface area contributed by atoms with Gasteiger partial charge in [0.25, 0.3) is 0 Å². The number of carboxylic acid groups (broad SMARTS) is 1. The third kappa shape index (κ3) is 2.34. The van der Waals surface area contributed by atoms with Gasteiger partial charge in [-0.1, -0.05) is 25.1 Å². The lowest BCUT2D eigenvalue weighted by Crippen LogP contribution is -2.27. The van der Waals surface area contributed by atoms with Gasteiger partial charge in [-0.05, 0) is 42.4 Å². The fraction of sp³-hybridized carbons (Fsp3) is 0.500. The van der Waals surface area contributed by atoms with Crippen LogP contribution < -0.4 is 5.73 Å². The second kappa shape index (κ2) is 4.88. The SMILES string of the molecule is CCC(C(=O)O)C(N)c1ccc2c(c1)CCC2. The smallest absolute Gasteiger partial charge is 0.308 e. The fourth-order valence-electron chi connectivity index (χ4n) is 2.61. The number of hydrogen-bond acceptors (Lipinski definition) is 2. The minimum absolute atomic E-state index is 0.400. The summed E-state index contributed by atoms with van der Waals surface area (Å²) in [6.07, 6.45) is 4.00. The van der Waals surface area contributed by atoms with Crippen LogP contribution >= 0.6 is 0 Å². The lowest BCUT2D eigenvalue weighted by Gasteiger charge is -2.19. The third-order valence-corrected chi connectivity index (χ3v) is 3.70. The normalized spacial score (nSPS) is 17.5. The first-order valence-electron chi connectivity index (χ1n) is 6.23. The number of fused-ring (bicyclic) bond motifs is 1. The van der Waals surface area contributed by atoms with Crippen LogP contribution in [-0.4, -0.2) is 11.1 Å². The number of aliphatic carboxylic acids is 1. The molecule has 0 saturated carbocycles. The van der Waals surface area contributed by atoms with Gasteiger partial charge in [0.15, 0.2) is 0 Å².